The van der Waals surface area contributed by atoms with E-state index in [-0.39, 0.29) is 29.8 Å². The maximum Gasteiger partial charge on any atom is 0.191 e. The number of nitrogens with one attached hydrogen (secondary N) is 2. The molecule has 2 aromatic carbocycles. The van der Waals surface area contributed by atoms with Crippen LogP contribution in [0.25, 0.3) is 0 Å². The summed E-state index contributed by atoms with van der Waals surface area (Å²) in [5, 5.41) is 6.49. The molecule has 130 valence electrons. The van der Waals surface area contributed by atoms with Crippen molar-refractivity contribution in [2.45, 2.75) is 6.54 Å². The number of likely N-dealkylation sites (N-methyl/N-ethyl adjacent to an activating group) is 1. The van der Waals surface area contributed by atoms with Crippen molar-refractivity contribution in [1.82, 2.24) is 10.6 Å². The van der Waals surface area contributed by atoms with Crippen LogP contribution in [-0.2, 0) is 6.54 Å². The maximum atomic E-state index is 12.9. The monoisotopic (exact) mass is 442 g/mol. The minimum Gasteiger partial charge on any atom is -0.373 e. The molecule has 2 rings (SSSR count). The molecule has 2 aromatic rings. The van der Waals surface area contributed by atoms with E-state index in [0.29, 0.717) is 6.54 Å². The quantitative estimate of drug-likeness (QED) is 0.410. The number of hydrogen-bond acceptors (Lipinski definition) is 2. The summed E-state index contributed by atoms with van der Waals surface area (Å²) in [7, 11) is 3.80. The highest BCUT2D eigenvalue weighted by atomic mass is 127. The highest BCUT2D eigenvalue weighted by Gasteiger charge is 2.01. The molecule has 0 spiro atoms. The van der Waals surface area contributed by atoms with Crippen LogP contribution < -0.4 is 15.5 Å². The zero-order valence-electron chi connectivity index (χ0n) is 14.0. The average molecular weight is 442 g/mol. The molecule has 0 radical (unpaired) electrons. The third-order valence-corrected chi connectivity index (χ3v) is 3.53. The lowest BCUT2D eigenvalue weighted by atomic mass is 10.2. The Morgan fingerprint density at radius 3 is 2.33 bits per heavy atom. The molecule has 0 aliphatic carbocycles. The van der Waals surface area contributed by atoms with Crippen LogP contribution >= 0.6 is 24.0 Å². The van der Waals surface area contributed by atoms with Gasteiger partial charge in [-0.25, -0.2) is 4.39 Å². The van der Waals surface area contributed by atoms with E-state index >= 15 is 0 Å². The van der Waals surface area contributed by atoms with Crippen molar-refractivity contribution in [2.75, 3.05) is 32.1 Å². The summed E-state index contributed by atoms with van der Waals surface area (Å²) in [4.78, 5) is 6.37. The normalized spacial score (nSPS) is 10.7. The molecule has 0 saturated heterocycles. The van der Waals surface area contributed by atoms with Gasteiger partial charge in [-0.05, 0) is 29.8 Å². The number of rotatable bonds is 6. The Morgan fingerprint density at radius 1 is 1.04 bits per heavy atom. The SMILES string of the molecule is CN=C(NCCN(C)c1ccccc1)NCc1ccc(F)cc1.I. The molecule has 0 saturated carbocycles. The Labute approximate surface area is 160 Å². The smallest absolute Gasteiger partial charge is 0.191 e. The van der Waals surface area contributed by atoms with Crippen LogP contribution in [0.4, 0.5) is 10.1 Å². The molecule has 2 N–H and O–H groups in total. The summed E-state index contributed by atoms with van der Waals surface area (Å²) in [6.45, 7) is 2.24. The predicted molar refractivity (Wildman–Crippen MR) is 110 cm³/mol. The van der Waals surface area contributed by atoms with E-state index < -0.39 is 0 Å². The van der Waals surface area contributed by atoms with Crippen molar-refractivity contribution in [3.8, 4) is 0 Å². The first-order valence-corrected chi connectivity index (χ1v) is 7.64. The van der Waals surface area contributed by atoms with Gasteiger partial charge in [0, 0.05) is 39.4 Å². The summed E-state index contributed by atoms with van der Waals surface area (Å²) in [6, 6.07) is 16.7. The largest absolute Gasteiger partial charge is 0.373 e. The maximum absolute atomic E-state index is 12.9. The van der Waals surface area contributed by atoms with Crippen molar-refractivity contribution in [3.05, 3.63) is 66.0 Å². The second kappa shape index (κ2) is 10.9. The van der Waals surface area contributed by atoms with Gasteiger partial charge in [-0.15, -0.1) is 24.0 Å². The fourth-order valence-electron chi connectivity index (χ4n) is 2.16. The Hall–Kier alpha value is -1.83. The van der Waals surface area contributed by atoms with Gasteiger partial charge in [-0.1, -0.05) is 30.3 Å². The predicted octanol–water partition coefficient (Wildman–Crippen LogP) is 3.25. The summed E-state index contributed by atoms with van der Waals surface area (Å²) >= 11 is 0. The molecule has 0 aliphatic rings. The summed E-state index contributed by atoms with van der Waals surface area (Å²) in [5.74, 6) is 0.510. The van der Waals surface area contributed by atoms with Crippen molar-refractivity contribution < 1.29 is 4.39 Å². The fraction of sp³-hybridized carbons (Fsp3) is 0.278. The molecule has 4 nitrogen and oxygen atoms in total. The topological polar surface area (TPSA) is 39.7 Å². The van der Waals surface area contributed by atoms with Crippen molar-refractivity contribution in [2.24, 2.45) is 4.99 Å². The van der Waals surface area contributed by atoms with Gasteiger partial charge in [-0.2, -0.15) is 0 Å². The molecule has 0 amide bonds. The third-order valence-electron chi connectivity index (χ3n) is 3.53. The first-order chi connectivity index (χ1) is 11.2. The van der Waals surface area contributed by atoms with Gasteiger partial charge in [0.1, 0.15) is 5.82 Å². The Kier molecular flexibility index (Phi) is 9.14. The van der Waals surface area contributed by atoms with Crippen LogP contribution in [0, 0.1) is 5.82 Å². The molecule has 24 heavy (non-hydrogen) atoms. The summed E-state index contributed by atoms with van der Waals surface area (Å²) in [6.07, 6.45) is 0. The Morgan fingerprint density at radius 2 is 1.71 bits per heavy atom. The molecular formula is C18H24FIN4. The van der Waals surface area contributed by atoms with Crippen LogP contribution in [-0.4, -0.2) is 33.1 Å². The van der Waals surface area contributed by atoms with Gasteiger partial charge < -0.3 is 15.5 Å². The van der Waals surface area contributed by atoms with Gasteiger partial charge in [0.2, 0.25) is 0 Å². The second-order valence-electron chi connectivity index (χ2n) is 5.24. The number of benzene rings is 2. The van der Waals surface area contributed by atoms with E-state index in [0.717, 1.165) is 24.6 Å². The van der Waals surface area contributed by atoms with Crippen molar-refractivity contribution >= 4 is 35.6 Å². The zero-order chi connectivity index (χ0) is 16.5. The molecule has 0 heterocycles. The molecule has 0 aliphatic heterocycles. The number of para-hydroxylation sites is 1. The van der Waals surface area contributed by atoms with E-state index in [9.17, 15) is 4.39 Å². The number of halogens is 2. The van der Waals surface area contributed by atoms with Crippen molar-refractivity contribution in [1.29, 1.82) is 0 Å². The minimum absolute atomic E-state index is 0. The van der Waals surface area contributed by atoms with Gasteiger partial charge in [0.05, 0.1) is 0 Å². The van der Waals surface area contributed by atoms with Crippen LogP contribution in [0.15, 0.2) is 59.6 Å². The molecule has 0 unspecified atom stereocenters. The van der Waals surface area contributed by atoms with Crippen LogP contribution in [0.3, 0.4) is 0 Å². The zero-order valence-corrected chi connectivity index (χ0v) is 16.3. The van der Waals surface area contributed by atoms with E-state index in [1.54, 1.807) is 19.2 Å². The molecular weight excluding hydrogens is 418 g/mol. The van der Waals surface area contributed by atoms with E-state index in [4.69, 9.17) is 0 Å². The Bertz CT molecular complexity index is 617. The highest BCUT2D eigenvalue weighted by molar-refractivity contribution is 14.0. The first-order valence-electron chi connectivity index (χ1n) is 7.64. The summed E-state index contributed by atoms with van der Waals surface area (Å²) < 4.78 is 12.9. The number of guanidine groups is 1. The number of nitrogens with zero attached hydrogens (tertiary/aromatic N) is 2. The fourth-order valence-corrected chi connectivity index (χ4v) is 2.16. The average Bonchev–Trinajstić information content (AvgIpc) is 2.60. The van der Waals surface area contributed by atoms with E-state index in [1.165, 1.54) is 17.8 Å². The molecule has 6 heteroatoms. The lowest BCUT2D eigenvalue weighted by Gasteiger charge is -2.20. The molecule has 0 aromatic heterocycles. The van der Waals surface area contributed by atoms with Gasteiger partial charge in [0.25, 0.3) is 0 Å². The van der Waals surface area contributed by atoms with Gasteiger partial charge in [0.15, 0.2) is 5.96 Å². The minimum atomic E-state index is -0.222. The Balaban J connectivity index is 0.00000288. The second-order valence-corrected chi connectivity index (χ2v) is 5.24. The standard InChI is InChI=1S/C18H23FN4.HI/c1-20-18(22-14-15-8-10-16(19)11-9-15)21-12-13-23(2)17-6-4-3-5-7-17;/h3-11H,12-14H2,1-2H3,(H2,20,21,22);1H. The highest BCUT2D eigenvalue weighted by Crippen LogP contribution is 2.09. The summed E-state index contributed by atoms with van der Waals surface area (Å²) in [5.41, 5.74) is 2.19. The third kappa shape index (κ3) is 6.74. The van der Waals surface area contributed by atoms with Crippen LogP contribution in [0.2, 0.25) is 0 Å². The molecule has 0 atom stereocenters. The lowest BCUT2D eigenvalue weighted by molar-refractivity contribution is 0.626. The molecule has 0 fully saturated rings. The molecule has 0 bridgehead atoms. The van der Waals surface area contributed by atoms with E-state index in [1.807, 2.05) is 18.2 Å². The lowest BCUT2D eigenvalue weighted by Crippen LogP contribution is -2.40. The number of aliphatic imine (C=N–C) groups is 1. The first kappa shape index (κ1) is 20.2. The van der Waals surface area contributed by atoms with Crippen molar-refractivity contribution in [3.63, 3.8) is 0 Å². The number of hydrogen-bond donors (Lipinski definition) is 2. The van der Waals surface area contributed by atoms with Gasteiger partial charge in [-0.3, -0.25) is 4.99 Å². The van der Waals surface area contributed by atoms with E-state index in [2.05, 4.69) is 39.7 Å². The van der Waals surface area contributed by atoms with Crippen LogP contribution in [0.1, 0.15) is 5.56 Å². The van der Waals surface area contributed by atoms with Gasteiger partial charge >= 0.3 is 0 Å². The number of anilines is 1. The van der Waals surface area contributed by atoms with Crippen LogP contribution in [0.5, 0.6) is 0 Å².